The quantitative estimate of drug-likeness (QED) is 0.606. The maximum absolute atomic E-state index is 9.72. The van der Waals surface area contributed by atoms with Crippen LogP contribution in [0.5, 0.6) is 0 Å². The lowest BCUT2D eigenvalue weighted by atomic mass is 9.95. The Balaban J connectivity index is 2.12. The van der Waals surface area contributed by atoms with Crippen LogP contribution in [0.25, 0.3) is 0 Å². The first-order valence-corrected chi connectivity index (χ1v) is 4.32. The summed E-state index contributed by atoms with van der Waals surface area (Å²) in [5.74, 6) is 0.654. The summed E-state index contributed by atoms with van der Waals surface area (Å²) in [5, 5.41) is 9.72. The molecule has 1 fully saturated rings. The van der Waals surface area contributed by atoms with Crippen molar-refractivity contribution in [2.24, 2.45) is 5.92 Å². The molecule has 1 nitrogen and oxygen atoms in total. The molecule has 0 heterocycles. The van der Waals surface area contributed by atoms with Crippen molar-refractivity contribution in [3.05, 3.63) is 23.8 Å². The lowest BCUT2D eigenvalue weighted by Gasteiger charge is -2.15. The highest BCUT2D eigenvalue weighted by molar-refractivity contribution is 5.36. The molecule has 0 aromatic carbocycles. The van der Waals surface area contributed by atoms with Crippen molar-refractivity contribution in [3.8, 4) is 0 Å². The number of aliphatic hydroxyl groups is 1. The monoisotopic (exact) mass is 150 g/mol. The van der Waals surface area contributed by atoms with Gasteiger partial charge in [0.05, 0.1) is 5.60 Å². The van der Waals surface area contributed by atoms with E-state index in [1.807, 2.05) is 0 Å². The molecule has 0 radical (unpaired) electrons. The SMILES string of the molecule is C[C@@H]1C=CC(C2(O)CC2)=CC1. The zero-order valence-corrected chi connectivity index (χ0v) is 6.88. The number of hydrogen-bond acceptors (Lipinski definition) is 1. The zero-order chi connectivity index (χ0) is 7.90. The molecule has 0 aromatic rings. The maximum atomic E-state index is 9.72. The normalized spacial score (nSPS) is 33.3. The highest BCUT2D eigenvalue weighted by Gasteiger charge is 2.43. The van der Waals surface area contributed by atoms with Crippen LogP contribution in [0.2, 0.25) is 0 Å². The van der Waals surface area contributed by atoms with Crippen LogP contribution in [-0.2, 0) is 0 Å². The molecule has 0 spiro atoms. The Hall–Kier alpha value is -0.560. The summed E-state index contributed by atoms with van der Waals surface area (Å²) in [4.78, 5) is 0. The first kappa shape index (κ1) is 7.11. The van der Waals surface area contributed by atoms with Gasteiger partial charge in [0.1, 0.15) is 0 Å². The smallest absolute Gasteiger partial charge is 0.0895 e. The summed E-state index contributed by atoms with van der Waals surface area (Å²) in [6.07, 6.45) is 9.45. The van der Waals surface area contributed by atoms with E-state index in [2.05, 4.69) is 25.2 Å². The van der Waals surface area contributed by atoms with Gasteiger partial charge in [-0.1, -0.05) is 25.2 Å². The maximum Gasteiger partial charge on any atom is 0.0895 e. The molecule has 0 amide bonds. The summed E-state index contributed by atoms with van der Waals surface area (Å²) < 4.78 is 0. The van der Waals surface area contributed by atoms with Crippen LogP contribution in [0.4, 0.5) is 0 Å². The number of rotatable bonds is 1. The van der Waals surface area contributed by atoms with Crippen molar-refractivity contribution in [1.82, 2.24) is 0 Å². The van der Waals surface area contributed by atoms with Gasteiger partial charge in [-0.25, -0.2) is 0 Å². The van der Waals surface area contributed by atoms with Gasteiger partial charge in [-0.3, -0.25) is 0 Å². The Kier molecular flexibility index (Phi) is 1.43. The van der Waals surface area contributed by atoms with E-state index in [1.165, 1.54) is 0 Å². The van der Waals surface area contributed by atoms with Gasteiger partial charge in [0.25, 0.3) is 0 Å². The second kappa shape index (κ2) is 2.21. The van der Waals surface area contributed by atoms with Gasteiger partial charge < -0.3 is 5.11 Å². The van der Waals surface area contributed by atoms with E-state index in [0.29, 0.717) is 5.92 Å². The highest BCUT2D eigenvalue weighted by atomic mass is 16.3. The highest BCUT2D eigenvalue weighted by Crippen LogP contribution is 2.43. The largest absolute Gasteiger partial charge is 0.385 e. The van der Waals surface area contributed by atoms with Gasteiger partial charge in [-0.15, -0.1) is 0 Å². The topological polar surface area (TPSA) is 20.2 Å². The summed E-state index contributed by atoms with van der Waals surface area (Å²) in [6, 6.07) is 0. The van der Waals surface area contributed by atoms with Gasteiger partial charge in [0, 0.05) is 0 Å². The van der Waals surface area contributed by atoms with Crippen LogP contribution in [0.1, 0.15) is 26.2 Å². The van der Waals surface area contributed by atoms with E-state index in [0.717, 1.165) is 24.8 Å². The third kappa shape index (κ3) is 1.25. The predicted octanol–water partition coefficient (Wildman–Crippen LogP) is 2.03. The van der Waals surface area contributed by atoms with Crippen LogP contribution in [0.3, 0.4) is 0 Å². The molecule has 1 atom stereocenters. The van der Waals surface area contributed by atoms with Crippen LogP contribution < -0.4 is 0 Å². The fraction of sp³-hybridized carbons (Fsp3) is 0.600. The molecule has 0 aromatic heterocycles. The van der Waals surface area contributed by atoms with Gasteiger partial charge in [-0.2, -0.15) is 0 Å². The average molecular weight is 150 g/mol. The fourth-order valence-electron chi connectivity index (χ4n) is 1.48. The molecule has 0 unspecified atom stereocenters. The minimum Gasteiger partial charge on any atom is -0.385 e. The number of allylic oxidation sites excluding steroid dienone is 2. The minimum atomic E-state index is -0.420. The lowest BCUT2D eigenvalue weighted by Crippen LogP contribution is -2.11. The molecule has 1 heteroatoms. The Morgan fingerprint density at radius 2 is 2.27 bits per heavy atom. The van der Waals surface area contributed by atoms with Crippen LogP contribution in [0.15, 0.2) is 23.8 Å². The van der Waals surface area contributed by atoms with E-state index in [-0.39, 0.29) is 0 Å². The van der Waals surface area contributed by atoms with Crippen LogP contribution >= 0.6 is 0 Å². The second-order valence-electron chi connectivity index (χ2n) is 3.76. The third-order valence-corrected chi connectivity index (χ3v) is 2.57. The molecule has 0 bridgehead atoms. The molecule has 0 aliphatic heterocycles. The molecule has 0 saturated heterocycles. The van der Waals surface area contributed by atoms with Crippen molar-refractivity contribution in [2.45, 2.75) is 31.8 Å². The lowest BCUT2D eigenvalue weighted by molar-refractivity contribution is 0.192. The van der Waals surface area contributed by atoms with Crippen molar-refractivity contribution < 1.29 is 5.11 Å². The van der Waals surface area contributed by atoms with Crippen molar-refractivity contribution in [1.29, 1.82) is 0 Å². The van der Waals surface area contributed by atoms with E-state index in [9.17, 15) is 5.11 Å². The molecule has 1 N–H and O–H groups in total. The van der Waals surface area contributed by atoms with Gasteiger partial charge >= 0.3 is 0 Å². The fourth-order valence-corrected chi connectivity index (χ4v) is 1.48. The van der Waals surface area contributed by atoms with Crippen molar-refractivity contribution in [2.75, 3.05) is 0 Å². The molecule has 2 aliphatic carbocycles. The first-order valence-electron chi connectivity index (χ1n) is 4.32. The van der Waals surface area contributed by atoms with E-state index in [1.54, 1.807) is 0 Å². The Morgan fingerprint density at radius 3 is 2.73 bits per heavy atom. The summed E-state index contributed by atoms with van der Waals surface area (Å²) in [5.41, 5.74) is 0.729. The number of hydrogen-bond donors (Lipinski definition) is 1. The van der Waals surface area contributed by atoms with Gasteiger partial charge in [-0.05, 0) is 30.8 Å². The Bertz CT molecular complexity index is 221. The zero-order valence-electron chi connectivity index (χ0n) is 6.88. The average Bonchev–Trinajstić information content (AvgIpc) is 2.70. The van der Waals surface area contributed by atoms with E-state index >= 15 is 0 Å². The van der Waals surface area contributed by atoms with Gasteiger partial charge in [0.15, 0.2) is 0 Å². The van der Waals surface area contributed by atoms with E-state index in [4.69, 9.17) is 0 Å². The van der Waals surface area contributed by atoms with Gasteiger partial charge in [0.2, 0.25) is 0 Å². The standard InChI is InChI=1S/C10H14O/c1-8-2-4-9(5-3-8)10(11)6-7-10/h2,4-5,8,11H,3,6-7H2,1H3/t8-/m1/s1. The molecular formula is C10H14O. The first-order chi connectivity index (χ1) is 5.21. The van der Waals surface area contributed by atoms with Crippen molar-refractivity contribution >= 4 is 0 Å². The molecule has 2 rings (SSSR count). The summed E-state index contributed by atoms with van der Waals surface area (Å²) in [6.45, 7) is 2.20. The predicted molar refractivity (Wildman–Crippen MR) is 45.2 cm³/mol. The molecule has 11 heavy (non-hydrogen) atoms. The molecule has 1 saturated carbocycles. The van der Waals surface area contributed by atoms with Crippen molar-refractivity contribution in [3.63, 3.8) is 0 Å². The Morgan fingerprint density at radius 1 is 1.55 bits per heavy atom. The Labute approximate surface area is 67.4 Å². The van der Waals surface area contributed by atoms with E-state index < -0.39 is 5.60 Å². The molecular weight excluding hydrogens is 136 g/mol. The summed E-state index contributed by atoms with van der Waals surface area (Å²) in [7, 11) is 0. The minimum absolute atomic E-state index is 0.420. The third-order valence-electron chi connectivity index (χ3n) is 2.57. The van der Waals surface area contributed by atoms with Crippen LogP contribution in [-0.4, -0.2) is 10.7 Å². The second-order valence-corrected chi connectivity index (χ2v) is 3.76. The molecule has 2 aliphatic rings. The molecule has 60 valence electrons. The van der Waals surface area contributed by atoms with Crippen LogP contribution in [0, 0.1) is 5.92 Å². The summed E-state index contributed by atoms with van der Waals surface area (Å²) >= 11 is 0.